The number of carbonyl (C=O) groups is 2. The molecule has 1 N–H and O–H groups in total. The van der Waals surface area contributed by atoms with Gasteiger partial charge in [-0.25, -0.2) is 0 Å². The first-order valence-electron chi connectivity index (χ1n) is 8.73. The fourth-order valence-electron chi connectivity index (χ4n) is 2.95. The van der Waals surface area contributed by atoms with Gasteiger partial charge >= 0.3 is 0 Å². The average Bonchev–Trinajstić information content (AvgIpc) is 3.31. The van der Waals surface area contributed by atoms with Crippen LogP contribution >= 0.6 is 11.3 Å². The van der Waals surface area contributed by atoms with Gasteiger partial charge in [0.15, 0.2) is 0 Å². The van der Waals surface area contributed by atoms with Crippen LogP contribution in [0.5, 0.6) is 11.5 Å². The molecule has 0 fully saturated rings. The Morgan fingerprint density at radius 3 is 2.54 bits per heavy atom. The van der Waals surface area contributed by atoms with Gasteiger partial charge in [-0.2, -0.15) is 0 Å². The van der Waals surface area contributed by atoms with E-state index in [1.54, 1.807) is 32.4 Å². The Morgan fingerprint density at radius 1 is 1.07 bits per heavy atom. The molecule has 0 saturated carbocycles. The van der Waals surface area contributed by atoms with Gasteiger partial charge in [-0.3, -0.25) is 14.5 Å². The van der Waals surface area contributed by atoms with Gasteiger partial charge in [-0.05, 0) is 30.0 Å². The van der Waals surface area contributed by atoms with E-state index < -0.39 is 0 Å². The first kappa shape index (κ1) is 19.9. The Morgan fingerprint density at radius 2 is 1.89 bits per heavy atom. The molecule has 7 nitrogen and oxygen atoms in total. The second-order valence-corrected chi connectivity index (χ2v) is 6.97. The van der Waals surface area contributed by atoms with Crippen molar-refractivity contribution >= 4 is 34.4 Å². The molecule has 3 rings (SSSR count). The minimum absolute atomic E-state index is 0.244. The molecule has 28 heavy (non-hydrogen) atoms. The lowest BCUT2D eigenvalue weighted by Gasteiger charge is -2.16. The van der Waals surface area contributed by atoms with Gasteiger partial charge in [0.25, 0.3) is 11.8 Å². The summed E-state index contributed by atoms with van der Waals surface area (Å²) in [5, 5.41) is 4.99. The normalized spacial score (nSPS) is 14.0. The summed E-state index contributed by atoms with van der Waals surface area (Å²) in [5.41, 5.74) is 1.19. The first-order chi connectivity index (χ1) is 13.6. The zero-order chi connectivity index (χ0) is 20.1. The molecule has 0 spiro atoms. The van der Waals surface area contributed by atoms with Gasteiger partial charge in [0.2, 0.25) is 0 Å². The van der Waals surface area contributed by atoms with Crippen LogP contribution in [-0.4, -0.2) is 51.2 Å². The van der Waals surface area contributed by atoms with Crippen molar-refractivity contribution in [1.82, 2.24) is 4.90 Å². The summed E-state index contributed by atoms with van der Waals surface area (Å²) in [6.07, 6.45) is 0.574. The van der Waals surface area contributed by atoms with E-state index in [1.807, 2.05) is 17.5 Å². The van der Waals surface area contributed by atoms with Gasteiger partial charge in [-0.15, -0.1) is 11.3 Å². The van der Waals surface area contributed by atoms with Crippen molar-refractivity contribution in [3.63, 3.8) is 0 Å². The maximum absolute atomic E-state index is 13.0. The molecule has 2 aromatic rings. The molecule has 0 radical (unpaired) electrons. The summed E-state index contributed by atoms with van der Waals surface area (Å²) in [6.45, 7) is 0.770. The monoisotopic (exact) mass is 402 g/mol. The van der Waals surface area contributed by atoms with Crippen LogP contribution in [0.2, 0.25) is 0 Å². The molecule has 0 atom stereocenters. The second kappa shape index (κ2) is 8.90. The molecule has 8 heteroatoms. The van der Waals surface area contributed by atoms with Crippen molar-refractivity contribution in [3.05, 3.63) is 46.3 Å². The molecule has 2 heterocycles. The van der Waals surface area contributed by atoms with E-state index in [2.05, 4.69) is 5.32 Å². The number of hydrogen-bond acceptors (Lipinski definition) is 7. The highest BCUT2D eigenvalue weighted by Crippen LogP contribution is 2.36. The number of thiophene rings is 1. The van der Waals surface area contributed by atoms with E-state index in [0.717, 1.165) is 4.88 Å². The van der Waals surface area contributed by atoms with E-state index >= 15 is 0 Å². The summed E-state index contributed by atoms with van der Waals surface area (Å²) in [7, 11) is 4.69. The van der Waals surface area contributed by atoms with Gasteiger partial charge < -0.3 is 19.5 Å². The summed E-state index contributed by atoms with van der Waals surface area (Å²) in [4.78, 5) is 28.0. The fourth-order valence-corrected chi connectivity index (χ4v) is 3.72. The quantitative estimate of drug-likeness (QED) is 0.513. The van der Waals surface area contributed by atoms with Crippen molar-refractivity contribution in [2.24, 2.45) is 0 Å². The minimum Gasteiger partial charge on any atom is -0.497 e. The van der Waals surface area contributed by atoms with Gasteiger partial charge in [-0.1, -0.05) is 6.07 Å². The third-order valence-electron chi connectivity index (χ3n) is 4.33. The topological polar surface area (TPSA) is 77.1 Å². The van der Waals surface area contributed by atoms with Crippen molar-refractivity contribution < 1.29 is 23.8 Å². The third kappa shape index (κ3) is 3.88. The smallest absolute Gasteiger partial charge is 0.278 e. The van der Waals surface area contributed by atoms with E-state index in [-0.39, 0.29) is 17.5 Å². The first-order valence-corrected chi connectivity index (χ1v) is 9.61. The Hall–Kier alpha value is -2.84. The molecule has 2 amide bonds. The SMILES string of the molecule is COCCCN1C(=O)C(Nc2ccc(OC)cc2OC)=C(c2cccs2)C1=O. The summed E-state index contributed by atoms with van der Waals surface area (Å²) in [6, 6.07) is 8.90. The van der Waals surface area contributed by atoms with Crippen LogP contribution in [-0.2, 0) is 14.3 Å². The summed E-state index contributed by atoms with van der Waals surface area (Å²) < 4.78 is 15.7. The number of rotatable bonds is 9. The largest absolute Gasteiger partial charge is 0.497 e. The van der Waals surface area contributed by atoms with E-state index in [9.17, 15) is 9.59 Å². The van der Waals surface area contributed by atoms with Crippen LogP contribution in [0.25, 0.3) is 5.57 Å². The van der Waals surface area contributed by atoms with Gasteiger partial charge in [0.1, 0.15) is 17.2 Å². The van der Waals surface area contributed by atoms with E-state index in [0.29, 0.717) is 42.3 Å². The van der Waals surface area contributed by atoms with Gasteiger partial charge in [0.05, 0.1) is 25.5 Å². The Labute approximate surface area is 167 Å². The molecule has 0 saturated heterocycles. The van der Waals surface area contributed by atoms with Crippen molar-refractivity contribution in [3.8, 4) is 11.5 Å². The standard InChI is InChI=1S/C20H22N2O5S/c1-25-10-5-9-22-19(23)17(16-6-4-11-28-16)18(20(22)24)21-14-8-7-13(26-2)12-15(14)27-3/h4,6-8,11-12,21H,5,9-10H2,1-3H3. The van der Waals surface area contributed by atoms with Crippen LogP contribution in [0, 0.1) is 0 Å². The van der Waals surface area contributed by atoms with Crippen LogP contribution in [0.3, 0.4) is 0 Å². The second-order valence-electron chi connectivity index (χ2n) is 6.03. The molecular formula is C20H22N2O5S. The lowest BCUT2D eigenvalue weighted by molar-refractivity contribution is -0.136. The van der Waals surface area contributed by atoms with Crippen LogP contribution < -0.4 is 14.8 Å². The molecule has 1 aliphatic rings. The molecule has 1 aliphatic heterocycles. The Balaban J connectivity index is 1.97. The van der Waals surface area contributed by atoms with Crippen molar-refractivity contribution in [1.29, 1.82) is 0 Å². The van der Waals surface area contributed by atoms with E-state index in [1.165, 1.54) is 23.3 Å². The molecule has 0 bridgehead atoms. The molecular weight excluding hydrogens is 380 g/mol. The number of amides is 2. The number of carbonyl (C=O) groups excluding carboxylic acids is 2. The summed E-state index contributed by atoms with van der Waals surface area (Å²) >= 11 is 1.41. The number of anilines is 1. The minimum atomic E-state index is -0.359. The van der Waals surface area contributed by atoms with Crippen molar-refractivity contribution in [2.45, 2.75) is 6.42 Å². The molecule has 1 aromatic carbocycles. The number of benzene rings is 1. The lowest BCUT2D eigenvalue weighted by Crippen LogP contribution is -2.33. The Kier molecular flexibility index (Phi) is 6.33. The number of nitrogens with one attached hydrogen (secondary N) is 1. The number of imide groups is 1. The van der Waals surface area contributed by atoms with Crippen LogP contribution in [0.15, 0.2) is 41.4 Å². The molecule has 0 aliphatic carbocycles. The van der Waals surface area contributed by atoms with Crippen molar-refractivity contribution in [2.75, 3.05) is 39.8 Å². The highest BCUT2D eigenvalue weighted by atomic mass is 32.1. The predicted octanol–water partition coefficient (Wildman–Crippen LogP) is 2.99. The maximum atomic E-state index is 13.0. The zero-order valence-electron chi connectivity index (χ0n) is 16.0. The van der Waals surface area contributed by atoms with E-state index in [4.69, 9.17) is 14.2 Å². The number of nitrogens with zero attached hydrogens (tertiary/aromatic N) is 1. The van der Waals surface area contributed by atoms with Crippen LogP contribution in [0.4, 0.5) is 5.69 Å². The van der Waals surface area contributed by atoms with Gasteiger partial charge in [0, 0.05) is 31.2 Å². The highest BCUT2D eigenvalue weighted by molar-refractivity contribution is 7.11. The molecule has 1 aromatic heterocycles. The molecule has 148 valence electrons. The predicted molar refractivity (Wildman–Crippen MR) is 108 cm³/mol. The maximum Gasteiger partial charge on any atom is 0.278 e. The average molecular weight is 402 g/mol. The number of ether oxygens (including phenoxy) is 3. The number of hydrogen-bond donors (Lipinski definition) is 1. The third-order valence-corrected chi connectivity index (χ3v) is 5.22. The fraction of sp³-hybridized carbons (Fsp3) is 0.300. The molecule has 0 unspecified atom stereocenters. The highest BCUT2D eigenvalue weighted by Gasteiger charge is 2.39. The zero-order valence-corrected chi connectivity index (χ0v) is 16.8. The Bertz CT molecular complexity index is 892. The summed E-state index contributed by atoms with van der Waals surface area (Å²) in [5.74, 6) is 0.473. The lowest BCUT2D eigenvalue weighted by atomic mass is 10.1. The number of methoxy groups -OCH3 is 3. The van der Waals surface area contributed by atoms with Crippen LogP contribution in [0.1, 0.15) is 11.3 Å².